The SMILES string of the molecule is C#CCOc1ccc2ccc(OC(=O)/C=C\C(=O)O)cc2c1. The Morgan fingerprint density at radius 1 is 1.09 bits per heavy atom. The van der Waals surface area contributed by atoms with Gasteiger partial charge in [-0.05, 0) is 35.0 Å². The highest BCUT2D eigenvalue weighted by molar-refractivity contribution is 5.92. The average molecular weight is 296 g/mol. The first-order valence-electron chi connectivity index (χ1n) is 6.31. The minimum atomic E-state index is -1.22. The van der Waals surface area contributed by atoms with E-state index in [1.165, 1.54) is 0 Å². The molecule has 110 valence electrons. The number of aliphatic carboxylic acids is 1. The van der Waals surface area contributed by atoms with Crippen LogP contribution in [0.1, 0.15) is 0 Å². The predicted octanol–water partition coefficient (Wildman–Crippen LogP) is 2.40. The van der Waals surface area contributed by atoms with Crippen molar-refractivity contribution in [2.45, 2.75) is 0 Å². The molecule has 0 aliphatic carbocycles. The number of carbonyl (C=O) groups is 2. The number of carbonyl (C=O) groups excluding carboxylic acids is 1. The van der Waals surface area contributed by atoms with E-state index >= 15 is 0 Å². The second-order valence-electron chi connectivity index (χ2n) is 4.26. The highest BCUT2D eigenvalue weighted by Crippen LogP contribution is 2.25. The Kier molecular flexibility index (Phi) is 4.78. The van der Waals surface area contributed by atoms with Crippen molar-refractivity contribution in [3.63, 3.8) is 0 Å². The van der Waals surface area contributed by atoms with Gasteiger partial charge in [0.2, 0.25) is 0 Å². The first-order valence-corrected chi connectivity index (χ1v) is 6.31. The Hall–Kier alpha value is -3.26. The summed E-state index contributed by atoms with van der Waals surface area (Å²) in [7, 11) is 0. The van der Waals surface area contributed by atoms with E-state index in [9.17, 15) is 9.59 Å². The molecule has 0 aromatic heterocycles. The van der Waals surface area contributed by atoms with Crippen LogP contribution in [0.4, 0.5) is 0 Å². The van der Waals surface area contributed by atoms with E-state index in [-0.39, 0.29) is 6.61 Å². The number of hydrogen-bond acceptors (Lipinski definition) is 4. The quantitative estimate of drug-likeness (QED) is 0.397. The number of esters is 1. The molecule has 0 saturated heterocycles. The van der Waals surface area contributed by atoms with Crippen LogP contribution in [0.2, 0.25) is 0 Å². The fourth-order valence-corrected chi connectivity index (χ4v) is 1.77. The van der Waals surface area contributed by atoms with Crippen molar-refractivity contribution in [1.29, 1.82) is 0 Å². The number of fused-ring (bicyclic) bond motifs is 1. The minimum Gasteiger partial charge on any atom is -0.481 e. The predicted molar refractivity (Wildman–Crippen MR) is 80.7 cm³/mol. The normalized spacial score (nSPS) is 10.3. The molecule has 0 heterocycles. The summed E-state index contributed by atoms with van der Waals surface area (Å²) >= 11 is 0. The van der Waals surface area contributed by atoms with Gasteiger partial charge in [0.25, 0.3) is 0 Å². The minimum absolute atomic E-state index is 0.167. The fourth-order valence-electron chi connectivity index (χ4n) is 1.77. The van der Waals surface area contributed by atoms with Crippen molar-refractivity contribution >= 4 is 22.7 Å². The second-order valence-corrected chi connectivity index (χ2v) is 4.26. The molecule has 2 aromatic rings. The Labute approximate surface area is 126 Å². The zero-order chi connectivity index (χ0) is 15.9. The van der Waals surface area contributed by atoms with Gasteiger partial charge < -0.3 is 14.6 Å². The second kappa shape index (κ2) is 6.95. The maximum atomic E-state index is 11.4. The summed E-state index contributed by atoms with van der Waals surface area (Å²) in [5.74, 6) is 1.32. The first kappa shape index (κ1) is 15.1. The highest BCUT2D eigenvalue weighted by atomic mass is 16.5. The molecule has 22 heavy (non-hydrogen) atoms. The molecule has 0 amide bonds. The van der Waals surface area contributed by atoms with Crippen molar-refractivity contribution in [2.24, 2.45) is 0 Å². The molecular formula is C17H12O5. The third kappa shape index (κ3) is 4.12. The molecular weight excluding hydrogens is 284 g/mol. The van der Waals surface area contributed by atoms with Crippen LogP contribution in [0.15, 0.2) is 48.6 Å². The lowest BCUT2D eigenvalue weighted by Crippen LogP contribution is -2.04. The van der Waals surface area contributed by atoms with Crippen LogP contribution in [0, 0.1) is 12.3 Å². The lowest BCUT2D eigenvalue weighted by atomic mass is 10.1. The van der Waals surface area contributed by atoms with E-state index in [1.807, 2.05) is 6.07 Å². The van der Waals surface area contributed by atoms with Crippen LogP contribution in [0.5, 0.6) is 11.5 Å². The third-order valence-electron chi connectivity index (χ3n) is 2.69. The molecule has 0 aliphatic rings. The van der Waals surface area contributed by atoms with Crippen LogP contribution in [-0.2, 0) is 9.59 Å². The van der Waals surface area contributed by atoms with Crippen molar-refractivity contribution in [1.82, 2.24) is 0 Å². The van der Waals surface area contributed by atoms with Crippen LogP contribution < -0.4 is 9.47 Å². The summed E-state index contributed by atoms with van der Waals surface area (Å²) in [4.78, 5) is 21.8. The van der Waals surface area contributed by atoms with E-state index < -0.39 is 11.9 Å². The van der Waals surface area contributed by atoms with Gasteiger partial charge >= 0.3 is 11.9 Å². The number of hydrogen-bond donors (Lipinski definition) is 1. The molecule has 0 spiro atoms. The summed E-state index contributed by atoms with van der Waals surface area (Å²) < 4.78 is 10.4. The van der Waals surface area contributed by atoms with Gasteiger partial charge in [0.1, 0.15) is 18.1 Å². The van der Waals surface area contributed by atoms with Crippen LogP contribution in [0.3, 0.4) is 0 Å². The topological polar surface area (TPSA) is 72.8 Å². The van der Waals surface area contributed by atoms with E-state index in [0.717, 1.165) is 22.9 Å². The molecule has 0 radical (unpaired) electrons. The number of carboxylic acids is 1. The molecule has 5 heteroatoms. The number of carboxylic acid groups (broad SMARTS) is 1. The summed E-state index contributed by atoms with van der Waals surface area (Å²) in [5, 5.41) is 10.2. The van der Waals surface area contributed by atoms with E-state index in [0.29, 0.717) is 11.5 Å². The van der Waals surface area contributed by atoms with Gasteiger partial charge in [0.15, 0.2) is 0 Å². The van der Waals surface area contributed by atoms with Crippen LogP contribution in [0.25, 0.3) is 10.8 Å². The first-order chi connectivity index (χ1) is 10.6. The number of terminal acetylenes is 1. The van der Waals surface area contributed by atoms with Gasteiger partial charge in [-0.1, -0.05) is 18.1 Å². The monoisotopic (exact) mass is 296 g/mol. The van der Waals surface area contributed by atoms with E-state index in [1.54, 1.807) is 30.3 Å². The van der Waals surface area contributed by atoms with Crippen molar-refractivity contribution < 1.29 is 24.2 Å². The Morgan fingerprint density at radius 2 is 1.77 bits per heavy atom. The van der Waals surface area contributed by atoms with Crippen LogP contribution >= 0.6 is 0 Å². The molecule has 0 atom stereocenters. The standard InChI is InChI=1S/C17H12O5/c1-2-9-21-14-5-3-12-4-6-15(11-13(12)10-14)22-17(20)8-7-16(18)19/h1,3-8,10-11H,9H2,(H,18,19)/b8-7-. The Balaban J connectivity index is 2.19. The summed E-state index contributed by atoms with van der Waals surface area (Å²) in [6.45, 7) is 0.167. The van der Waals surface area contributed by atoms with E-state index in [4.69, 9.17) is 21.0 Å². The van der Waals surface area contributed by atoms with Gasteiger partial charge in [0.05, 0.1) is 0 Å². The molecule has 0 unspecified atom stereocenters. The molecule has 0 saturated carbocycles. The molecule has 5 nitrogen and oxygen atoms in total. The molecule has 2 aromatic carbocycles. The van der Waals surface area contributed by atoms with Gasteiger partial charge in [0, 0.05) is 12.2 Å². The van der Waals surface area contributed by atoms with Crippen LogP contribution in [-0.4, -0.2) is 23.7 Å². The fraction of sp³-hybridized carbons (Fsp3) is 0.0588. The lowest BCUT2D eigenvalue weighted by Gasteiger charge is -2.06. The molecule has 0 aliphatic heterocycles. The molecule has 1 N–H and O–H groups in total. The number of rotatable bonds is 5. The Bertz CT molecular complexity index is 783. The van der Waals surface area contributed by atoms with Crippen molar-refractivity contribution in [2.75, 3.05) is 6.61 Å². The third-order valence-corrected chi connectivity index (χ3v) is 2.69. The maximum absolute atomic E-state index is 11.4. The number of ether oxygens (including phenoxy) is 2. The van der Waals surface area contributed by atoms with Gasteiger partial charge in [-0.3, -0.25) is 0 Å². The van der Waals surface area contributed by atoms with Crippen molar-refractivity contribution in [3.05, 3.63) is 48.6 Å². The summed E-state index contributed by atoms with van der Waals surface area (Å²) in [6.07, 6.45) is 6.70. The summed E-state index contributed by atoms with van der Waals surface area (Å²) in [6, 6.07) is 10.5. The van der Waals surface area contributed by atoms with E-state index in [2.05, 4.69) is 5.92 Å². The smallest absolute Gasteiger partial charge is 0.336 e. The zero-order valence-electron chi connectivity index (χ0n) is 11.5. The summed E-state index contributed by atoms with van der Waals surface area (Å²) in [5.41, 5.74) is 0. The van der Waals surface area contributed by atoms with Gasteiger partial charge in [-0.15, -0.1) is 6.42 Å². The molecule has 0 bridgehead atoms. The number of benzene rings is 2. The lowest BCUT2D eigenvalue weighted by molar-refractivity contribution is -0.133. The Morgan fingerprint density at radius 3 is 2.45 bits per heavy atom. The average Bonchev–Trinajstić information content (AvgIpc) is 2.50. The van der Waals surface area contributed by atoms with Crippen molar-refractivity contribution in [3.8, 4) is 23.8 Å². The molecule has 2 rings (SSSR count). The van der Waals surface area contributed by atoms with Gasteiger partial charge in [-0.2, -0.15) is 0 Å². The highest BCUT2D eigenvalue weighted by Gasteiger charge is 2.04. The van der Waals surface area contributed by atoms with Gasteiger partial charge in [-0.25, -0.2) is 9.59 Å². The largest absolute Gasteiger partial charge is 0.481 e. The zero-order valence-corrected chi connectivity index (χ0v) is 11.5. The maximum Gasteiger partial charge on any atom is 0.336 e. The molecule has 0 fully saturated rings.